The third kappa shape index (κ3) is 18.6. The quantitative estimate of drug-likeness (QED) is 0.117. The second kappa shape index (κ2) is 24.7. The highest BCUT2D eigenvalue weighted by Crippen LogP contribution is 2.34. The first-order valence-electron chi connectivity index (χ1n) is 13.6. The van der Waals surface area contributed by atoms with Gasteiger partial charge in [0, 0.05) is 29.6 Å². The van der Waals surface area contributed by atoms with Crippen molar-refractivity contribution in [3.05, 3.63) is 47.9 Å². The van der Waals surface area contributed by atoms with Gasteiger partial charge in [-0.05, 0) is 66.8 Å². The van der Waals surface area contributed by atoms with Crippen molar-refractivity contribution in [2.75, 3.05) is 19.3 Å². The molecule has 0 spiro atoms. The first-order valence-corrected chi connectivity index (χ1v) is 14.4. The number of amides is 2. The number of hydrogen-bond donors (Lipinski definition) is 4. The Morgan fingerprint density at radius 3 is 2.18 bits per heavy atom. The van der Waals surface area contributed by atoms with Crippen LogP contribution in [0.5, 0.6) is 0 Å². The smallest absolute Gasteiger partial charge is 0.220 e. The zero-order chi connectivity index (χ0) is 29.3. The molecule has 38 heavy (non-hydrogen) atoms. The van der Waals surface area contributed by atoms with E-state index in [0.29, 0.717) is 31.0 Å². The number of benzene rings is 1. The van der Waals surface area contributed by atoms with Crippen LogP contribution in [0.15, 0.2) is 47.2 Å². The van der Waals surface area contributed by atoms with Gasteiger partial charge < -0.3 is 22.1 Å². The van der Waals surface area contributed by atoms with Gasteiger partial charge in [0.1, 0.15) is 6.29 Å². The minimum Gasteiger partial charge on any atom is -0.398 e. The number of rotatable bonds is 11. The normalized spacial score (nSPS) is 13.2. The molecule has 0 aliphatic heterocycles. The third-order valence-electron chi connectivity index (χ3n) is 5.67. The second-order valence-electron chi connectivity index (χ2n) is 9.44. The summed E-state index contributed by atoms with van der Waals surface area (Å²) in [5, 5.41) is 6.50. The lowest BCUT2D eigenvalue weighted by molar-refractivity contribution is -0.122. The fraction of sp³-hybridized carbons (Fsp3) is 0.567. The fourth-order valence-electron chi connectivity index (χ4n) is 3.83. The van der Waals surface area contributed by atoms with E-state index in [4.69, 9.17) is 15.3 Å². The summed E-state index contributed by atoms with van der Waals surface area (Å²) in [6.07, 6.45) is 10.8. The van der Waals surface area contributed by atoms with E-state index >= 15 is 0 Å². The lowest BCUT2D eigenvalue weighted by atomic mass is 9.83. The molecule has 1 aliphatic carbocycles. The second-order valence-corrected chi connectivity index (χ2v) is 10.7. The Morgan fingerprint density at radius 2 is 1.71 bits per heavy atom. The van der Waals surface area contributed by atoms with Gasteiger partial charge in [0.2, 0.25) is 12.3 Å². The van der Waals surface area contributed by atoms with Gasteiger partial charge in [-0.15, -0.1) is 0 Å². The summed E-state index contributed by atoms with van der Waals surface area (Å²) in [5.74, 6) is 1.18. The van der Waals surface area contributed by atoms with E-state index in [1.807, 2.05) is 13.1 Å². The van der Waals surface area contributed by atoms with Crippen molar-refractivity contribution >= 4 is 36.1 Å². The minimum atomic E-state index is 0.122. The molecule has 0 bridgehead atoms. The Bertz CT molecular complexity index is 803. The first kappa shape index (κ1) is 37.6. The molecule has 1 aromatic carbocycles. The number of primary amides is 1. The highest BCUT2D eigenvalue weighted by molar-refractivity contribution is 8.03. The number of allylic oxidation sites excluding steroid dienone is 2. The Kier molecular flexibility index (Phi) is 24.5. The number of thioether (sulfide) groups is 1. The Labute approximate surface area is 235 Å². The van der Waals surface area contributed by atoms with E-state index in [1.165, 1.54) is 50.2 Å². The van der Waals surface area contributed by atoms with Gasteiger partial charge >= 0.3 is 0 Å². The molecule has 1 unspecified atom stereocenters. The maximum atomic E-state index is 12.5. The van der Waals surface area contributed by atoms with Crippen molar-refractivity contribution in [2.24, 2.45) is 11.7 Å². The monoisotopic (exact) mass is 548 g/mol. The molecule has 1 aliphatic rings. The van der Waals surface area contributed by atoms with Crippen LogP contribution in [0.3, 0.4) is 0 Å². The number of hydrogen-bond acceptors (Lipinski definition) is 6. The first-order chi connectivity index (χ1) is 18.1. The molecule has 1 aromatic rings. The van der Waals surface area contributed by atoms with Crippen molar-refractivity contribution in [3.8, 4) is 0 Å². The highest BCUT2D eigenvalue weighted by Gasteiger charge is 2.24. The van der Waals surface area contributed by atoms with Crippen LogP contribution in [0.2, 0.25) is 0 Å². The summed E-state index contributed by atoms with van der Waals surface area (Å²) in [4.78, 5) is 32.2. The van der Waals surface area contributed by atoms with E-state index in [0.717, 1.165) is 22.0 Å². The van der Waals surface area contributed by atoms with Crippen LogP contribution >= 0.6 is 11.8 Å². The summed E-state index contributed by atoms with van der Waals surface area (Å²) in [7, 11) is 1.95. The van der Waals surface area contributed by atoms with E-state index in [-0.39, 0.29) is 18.4 Å². The summed E-state index contributed by atoms with van der Waals surface area (Å²) in [6.45, 7) is 16.7. The van der Waals surface area contributed by atoms with E-state index < -0.39 is 0 Å². The summed E-state index contributed by atoms with van der Waals surface area (Å²) in [6, 6.07) is 6.41. The molecule has 2 rings (SSSR count). The van der Waals surface area contributed by atoms with Crippen molar-refractivity contribution in [1.29, 1.82) is 0 Å². The number of carbonyl (C=O) groups is 3. The molecule has 0 heterocycles. The Hall–Kier alpha value is -2.58. The van der Waals surface area contributed by atoms with Crippen molar-refractivity contribution in [2.45, 2.75) is 95.9 Å². The molecule has 7 nitrogen and oxygen atoms in total. The molecule has 0 aromatic heterocycles. The highest BCUT2D eigenvalue weighted by atomic mass is 32.2. The van der Waals surface area contributed by atoms with Crippen LogP contribution in [0.1, 0.15) is 90.5 Å². The Balaban J connectivity index is 0. The van der Waals surface area contributed by atoms with E-state index in [1.54, 1.807) is 11.8 Å². The molecule has 1 fully saturated rings. The average Bonchev–Trinajstić information content (AvgIpc) is 2.90. The summed E-state index contributed by atoms with van der Waals surface area (Å²) < 4.78 is 0. The molecule has 2 amide bonds. The molecule has 1 atom stereocenters. The van der Waals surface area contributed by atoms with Gasteiger partial charge in [-0.3, -0.25) is 14.4 Å². The van der Waals surface area contributed by atoms with Crippen LogP contribution in [0.25, 0.3) is 0 Å². The molecule has 1 saturated carbocycles. The van der Waals surface area contributed by atoms with Crippen LogP contribution < -0.4 is 22.1 Å². The minimum absolute atomic E-state index is 0.122. The van der Waals surface area contributed by atoms with E-state index in [9.17, 15) is 4.79 Å². The molecule has 216 valence electrons. The van der Waals surface area contributed by atoms with Crippen molar-refractivity contribution in [3.63, 3.8) is 0 Å². The summed E-state index contributed by atoms with van der Waals surface area (Å²) >= 11 is 1.59. The average molecular weight is 549 g/mol. The van der Waals surface area contributed by atoms with Crippen LogP contribution in [0.4, 0.5) is 5.69 Å². The summed E-state index contributed by atoms with van der Waals surface area (Å²) in [5.41, 5.74) is 12.3. The zero-order valence-corrected chi connectivity index (χ0v) is 25.1. The van der Waals surface area contributed by atoms with Crippen LogP contribution in [-0.2, 0) is 14.4 Å². The van der Waals surface area contributed by atoms with Crippen molar-refractivity contribution in [1.82, 2.24) is 10.6 Å². The molecule has 6 N–H and O–H groups in total. The lowest BCUT2D eigenvalue weighted by Gasteiger charge is -2.31. The number of aldehydes is 1. The molecule has 0 saturated heterocycles. The van der Waals surface area contributed by atoms with E-state index in [2.05, 4.69) is 69.4 Å². The topological polar surface area (TPSA) is 127 Å². The third-order valence-corrected chi connectivity index (χ3v) is 6.74. The molecule has 0 radical (unpaired) electrons. The van der Waals surface area contributed by atoms with Gasteiger partial charge in [0.05, 0.1) is 0 Å². The predicted molar refractivity (Wildman–Crippen MR) is 164 cm³/mol. The Morgan fingerprint density at radius 1 is 1.16 bits per heavy atom. The predicted octanol–water partition coefficient (Wildman–Crippen LogP) is 5.95. The number of anilines is 1. The van der Waals surface area contributed by atoms with Gasteiger partial charge in [-0.1, -0.05) is 84.4 Å². The maximum absolute atomic E-state index is 12.5. The van der Waals surface area contributed by atoms with Gasteiger partial charge in [-0.25, -0.2) is 0 Å². The number of nitrogen functional groups attached to an aromatic ring is 1. The lowest BCUT2D eigenvalue weighted by Crippen LogP contribution is -2.46. The molecular weight excluding hydrogens is 496 g/mol. The zero-order valence-electron chi connectivity index (χ0n) is 24.3. The number of carbonyl (C=O) groups excluding carboxylic acids is 3. The van der Waals surface area contributed by atoms with Crippen LogP contribution in [0, 0.1) is 5.92 Å². The number of likely N-dealkylation sites (N-methyl/N-ethyl adjacent to an activating group) is 1. The molecular formula is C30H52N4O3S. The number of nitrogens with one attached hydrogen (secondary N) is 2. The fourth-order valence-corrected chi connectivity index (χ4v) is 4.72. The van der Waals surface area contributed by atoms with Crippen molar-refractivity contribution < 1.29 is 14.4 Å². The number of nitrogens with two attached hydrogens (primary N) is 2. The van der Waals surface area contributed by atoms with Gasteiger partial charge in [0.25, 0.3) is 0 Å². The standard InChI is InChI=1S/C23H37N3OS.C3H4O.C3H8.CH3NO/c1-16(2)19-11-12-20(24)22(14-19)28-17(3)10-13-23(27)26-21(15-25-4)18-8-6-5-7-9-18;1-2-3-4;1-3-2;2-1-3/h11-12,14,16,18,21,25H,3,5-10,13,15,24H2,1-2,4H3,(H,26,27);2-3H,1H2;3H2,1-2H3;1H,(H2,2,3). The SMILES string of the molecule is C=C(CCC(=O)NC(CNC)C1CCCCC1)Sc1cc(C(C)C)ccc1N.C=CC=O.CCC.NC=O. The van der Waals surface area contributed by atoms with Crippen LogP contribution in [-0.4, -0.2) is 38.2 Å². The van der Waals surface area contributed by atoms with Gasteiger partial charge in [0.15, 0.2) is 0 Å². The maximum Gasteiger partial charge on any atom is 0.220 e. The van der Waals surface area contributed by atoms with Gasteiger partial charge in [-0.2, -0.15) is 0 Å². The largest absolute Gasteiger partial charge is 0.398 e. The molecule has 8 heteroatoms.